The van der Waals surface area contributed by atoms with Crippen molar-refractivity contribution in [2.24, 2.45) is 0 Å². The first kappa shape index (κ1) is 19.7. The number of nitrogens with one attached hydrogen (secondary N) is 1. The summed E-state index contributed by atoms with van der Waals surface area (Å²) in [6.45, 7) is -1.57. The zero-order valence-electron chi connectivity index (χ0n) is 13.1. The van der Waals surface area contributed by atoms with Gasteiger partial charge in [-0.05, 0) is 12.1 Å². The van der Waals surface area contributed by atoms with Crippen LogP contribution >= 0.6 is 11.6 Å². The van der Waals surface area contributed by atoms with Crippen LogP contribution in [-0.4, -0.2) is 41.7 Å². The molecule has 1 aromatic rings. The maximum Gasteiger partial charge on any atom is 0.418 e. The number of rotatable bonds is 5. The maximum absolute atomic E-state index is 12.9. The number of likely N-dealkylation sites (tertiary alicyclic amines) is 1. The second-order valence-electron chi connectivity index (χ2n) is 5.24. The van der Waals surface area contributed by atoms with Gasteiger partial charge in [-0.1, -0.05) is 17.7 Å². The molecule has 7 nitrogen and oxygen atoms in total. The average molecular weight is 393 g/mol. The van der Waals surface area contributed by atoms with E-state index < -0.39 is 54.3 Å². The molecule has 0 atom stereocenters. The number of nitrogens with zero attached hydrogens (tertiary/aromatic N) is 1. The number of carbonyl (C=O) groups is 4. The number of anilines is 1. The molecule has 1 aromatic carbocycles. The van der Waals surface area contributed by atoms with Crippen molar-refractivity contribution < 1.29 is 37.1 Å². The fourth-order valence-corrected chi connectivity index (χ4v) is 2.40. The summed E-state index contributed by atoms with van der Waals surface area (Å²) in [5.41, 5.74) is -1.81. The van der Waals surface area contributed by atoms with Crippen molar-refractivity contribution >= 4 is 41.0 Å². The lowest BCUT2D eigenvalue weighted by atomic mass is 10.1. The number of para-hydroxylation sites is 1. The first-order chi connectivity index (χ1) is 12.1. The van der Waals surface area contributed by atoms with Gasteiger partial charge in [-0.15, -0.1) is 0 Å². The van der Waals surface area contributed by atoms with Crippen LogP contribution in [0.2, 0.25) is 5.02 Å². The van der Waals surface area contributed by atoms with E-state index in [1.165, 1.54) is 0 Å². The van der Waals surface area contributed by atoms with Crippen molar-refractivity contribution in [1.82, 2.24) is 4.90 Å². The Labute approximate surface area is 150 Å². The van der Waals surface area contributed by atoms with Crippen molar-refractivity contribution in [3.63, 3.8) is 0 Å². The van der Waals surface area contributed by atoms with Crippen LogP contribution in [0.4, 0.5) is 18.9 Å². The minimum Gasteiger partial charge on any atom is -0.454 e. The van der Waals surface area contributed by atoms with Crippen LogP contribution in [0.1, 0.15) is 18.4 Å². The third-order valence-corrected chi connectivity index (χ3v) is 3.70. The molecule has 140 valence electrons. The van der Waals surface area contributed by atoms with E-state index in [9.17, 15) is 32.3 Å². The number of carbonyl (C=O) groups excluding carboxylic acids is 4. The summed E-state index contributed by atoms with van der Waals surface area (Å²) in [4.78, 5) is 46.8. The van der Waals surface area contributed by atoms with E-state index in [-0.39, 0.29) is 17.9 Å². The van der Waals surface area contributed by atoms with Crippen molar-refractivity contribution in [2.75, 3.05) is 18.5 Å². The Hall–Kier alpha value is -2.62. The topological polar surface area (TPSA) is 92.8 Å². The van der Waals surface area contributed by atoms with E-state index in [0.29, 0.717) is 4.90 Å². The normalized spacial score (nSPS) is 14.5. The Balaban J connectivity index is 1.95. The lowest BCUT2D eigenvalue weighted by molar-refractivity contribution is -0.153. The molecule has 0 unspecified atom stereocenters. The lowest BCUT2D eigenvalue weighted by Gasteiger charge is -2.16. The molecule has 3 amide bonds. The van der Waals surface area contributed by atoms with Gasteiger partial charge in [-0.2, -0.15) is 13.2 Å². The predicted molar refractivity (Wildman–Crippen MR) is 82.0 cm³/mol. The number of imide groups is 1. The molecule has 0 aliphatic carbocycles. The molecule has 0 spiro atoms. The smallest absolute Gasteiger partial charge is 0.418 e. The molecule has 1 saturated heterocycles. The zero-order chi connectivity index (χ0) is 19.5. The van der Waals surface area contributed by atoms with Crippen molar-refractivity contribution in [2.45, 2.75) is 19.0 Å². The Morgan fingerprint density at radius 2 is 1.81 bits per heavy atom. The molecule has 1 N–H and O–H groups in total. The summed E-state index contributed by atoms with van der Waals surface area (Å²) in [7, 11) is 0. The second kappa shape index (κ2) is 7.73. The maximum atomic E-state index is 12.9. The van der Waals surface area contributed by atoms with Crippen LogP contribution in [0.5, 0.6) is 0 Å². The van der Waals surface area contributed by atoms with Crippen molar-refractivity contribution in [3.05, 3.63) is 28.8 Å². The number of benzene rings is 1. The molecule has 11 heteroatoms. The third-order valence-electron chi connectivity index (χ3n) is 3.39. The second-order valence-corrected chi connectivity index (χ2v) is 5.65. The van der Waals surface area contributed by atoms with E-state index in [1.807, 2.05) is 5.32 Å². The molecule has 0 radical (unpaired) electrons. The van der Waals surface area contributed by atoms with E-state index in [1.54, 1.807) is 0 Å². The van der Waals surface area contributed by atoms with Crippen LogP contribution < -0.4 is 5.32 Å². The molecule has 1 fully saturated rings. The first-order valence-corrected chi connectivity index (χ1v) is 7.61. The van der Waals surface area contributed by atoms with Gasteiger partial charge in [0, 0.05) is 12.8 Å². The van der Waals surface area contributed by atoms with E-state index in [4.69, 9.17) is 11.6 Å². The molecule has 0 aromatic heterocycles. The largest absolute Gasteiger partial charge is 0.454 e. The Kier molecular flexibility index (Phi) is 5.86. The van der Waals surface area contributed by atoms with E-state index in [2.05, 4.69) is 4.74 Å². The number of esters is 1. The highest BCUT2D eigenvalue weighted by Crippen LogP contribution is 2.38. The third kappa shape index (κ3) is 4.72. The van der Waals surface area contributed by atoms with Gasteiger partial charge in [0.15, 0.2) is 6.61 Å². The highest BCUT2D eigenvalue weighted by atomic mass is 35.5. The van der Waals surface area contributed by atoms with Crippen LogP contribution in [0.25, 0.3) is 0 Å². The minimum atomic E-state index is -4.75. The number of hydrogen-bond donors (Lipinski definition) is 1. The summed E-state index contributed by atoms with van der Waals surface area (Å²) in [6, 6.07) is 2.96. The predicted octanol–water partition coefficient (Wildman–Crippen LogP) is 1.99. The van der Waals surface area contributed by atoms with Crippen LogP contribution in [-0.2, 0) is 30.1 Å². The van der Waals surface area contributed by atoms with Crippen molar-refractivity contribution in [1.29, 1.82) is 0 Å². The molecular formula is C15H12ClF3N2O5. The zero-order valence-corrected chi connectivity index (χ0v) is 13.8. The molecule has 0 bridgehead atoms. The summed E-state index contributed by atoms with van der Waals surface area (Å²) in [6.07, 6.45) is -4.78. The molecule has 2 rings (SSSR count). The lowest BCUT2D eigenvalue weighted by Crippen LogP contribution is -2.36. The molecule has 26 heavy (non-hydrogen) atoms. The quantitative estimate of drug-likeness (QED) is 0.611. The molecule has 1 aliphatic heterocycles. The molecule has 0 saturated carbocycles. The van der Waals surface area contributed by atoms with Crippen molar-refractivity contribution in [3.8, 4) is 0 Å². The van der Waals surface area contributed by atoms with E-state index >= 15 is 0 Å². The highest BCUT2D eigenvalue weighted by molar-refractivity contribution is 6.34. The van der Waals surface area contributed by atoms with Gasteiger partial charge in [-0.25, -0.2) is 0 Å². The van der Waals surface area contributed by atoms with Gasteiger partial charge in [-0.3, -0.25) is 24.1 Å². The molecular weight excluding hydrogens is 381 g/mol. The van der Waals surface area contributed by atoms with E-state index in [0.717, 1.165) is 18.2 Å². The fourth-order valence-electron chi connectivity index (χ4n) is 2.18. The van der Waals surface area contributed by atoms with Gasteiger partial charge >= 0.3 is 12.1 Å². The fraction of sp³-hybridized carbons (Fsp3) is 0.333. The molecule has 1 heterocycles. The van der Waals surface area contributed by atoms with Crippen LogP contribution in [0.3, 0.4) is 0 Å². The van der Waals surface area contributed by atoms with Gasteiger partial charge in [0.1, 0.15) is 6.54 Å². The number of hydrogen-bond acceptors (Lipinski definition) is 5. The summed E-state index contributed by atoms with van der Waals surface area (Å²) in [5.74, 6) is -3.18. The molecule has 1 aliphatic rings. The summed E-state index contributed by atoms with van der Waals surface area (Å²) in [5, 5.41) is 1.60. The van der Waals surface area contributed by atoms with Gasteiger partial charge < -0.3 is 10.1 Å². The monoisotopic (exact) mass is 392 g/mol. The Morgan fingerprint density at radius 1 is 1.19 bits per heavy atom. The SMILES string of the molecule is O=C(COC(=O)CN1C(=O)CCC1=O)Nc1c(Cl)cccc1C(F)(F)F. The number of halogens is 4. The minimum absolute atomic E-state index is 0.0146. The van der Waals surface area contributed by atoms with Gasteiger partial charge in [0.25, 0.3) is 5.91 Å². The summed E-state index contributed by atoms with van der Waals surface area (Å²) >= 11 is 5.68. The average Bonchev–Trinajstić information content (AvgIpc) is 2.85. The first-order valence-electron chi connectivity index (χ1n) is 7.24. The van der Waals surface area contributed by atoms with Crippen LogP contribution in [0, 0.1) is 0 Å². The van der Waals surface area contributed by atoms with Gasteiger partial charge in [0.05, 0.1) is 16.3 Å². The summed E-state index contributed by atoms with van der Waals surface area (Å²) < 4.78 is 43.4. The highest BCUT2D eigenvalue weighted by Gasteiger charge is 2.35. The number of ether oxygens (including phenoxy) is 1. The Morgan fingerprint density at radius 3 is 2.38 bits per heavy atom. The number of amides is 3. The van der Waals surface area contributed by atoms with Crippen LogP contribution in [0.15, 0.2) is 18.2 Å². The Bertz CT molecular complexity index is 750. The standard InChI is InChI=1S/C15H12ClF3N2O5/c16-9-3-1-2-8(15(17,18)19)14(9)20-10(22)7-26-13(25)6-21-11(23)4-5-12(21)24/h1-3H,4-7H2,(H,20,22). The van der Waals surface area contributed by atoms with Gasteiger partial charge in [0.2, 0.25) is 11.8 Å². The number of alkyl halides is 3.